The average molecular weight is 274 g/mol. The minimum atomic E-state index is -1.11. The molecular formula is C14H11F5. The molecule has 102 valence electrons. The quantitative estimate of drug-likeness (QED) is 0.483. The zero-order valence-corrected chi connectivity index (χ0v) is 10.3. The first-order chi connectivity index (χ1) is 8.82. The Morgan fingerprint density at radius 2 is 1.26 bits per heavy atom. The monoisotopic (exact) mass is 274 g/mol. The van der Waals surface area contributed by atoms with Gasteiger partial charge in [0.1, 0.15) is 17.5 Å². The first-order valence-electron chi connectivity index (χ1n) is 5.34. The number of rotatable bonds is 0. The van der Waals surface area contributed by atoms with Crippen LogP contribution in [-0.4, -0.2) is 0 Å². The maximum absolute atomic E-state index is 12.4. The molecule has 5 heteroatoms. The molecule has 0 saturated carbocycles. The first-order valence-corrected chi connectivity index (χ1v) is 5.34. The van der Waals surface area contributed by atoms with Gasteiger partial charge in [0.2, 0.25) is 0 Å². The van der Waals surface area contributed by atoms with E-state index in [0.717, 1.165) is 18.2 Å². The number of aryl methyl sites for hydroxylation is 1. The smallest absolute Gasteiger partial charge is 0.164 e. The topological polar surface area (TPSA) is 0 Å². The lowest BCUT2D eigenvalue weighted by molar-refractivity contribution is 0.486. The van der Waals surface area contributed by atoms with Gasteiger partial charge in [-0.2, -0.15) is 0 Å². The lowest BCUT2D eigenvalue weighted by Gasteiger charge is -1.97. The lowest BCUT2D eigenvalue weighted by Crippen LogP contribution is -1.91. The van der Waals surface area contributed by atoms with Gasteiger partial charge in [0.25, 0.3) is 0 Å². The third kappa shape index (κ3) is 4.05. The van der Waals surface area contributed by atoms with Gasteiger partial charge in [-0.05, 0) is 37.6 Å². The molecule has 0 aromatic heterocycles. The Balaban J connectivity index is 0.000000191. The third-order valence-corrected chi connectivity index (χ3v) is 2.41. The summed E-state index contributed by atoms with van der Waals surface area (Å²) in [6, 6.07) is 5.17. The molecule has 2 aromatic rings. The summed E-state index contributed by atoms with van der Waals surface area (Å²) < 4.78 is 61.4. The highest BCUT2D eigenvalue weighted by Crippen LogP contribution is 2.13. The van der Waals surface area contributed by atoms with Crippen LogP contribution in [0.2, 0.25) is 0 Å². The molecule has 2 aromatic carbocycles. The first kappa shape index (κ1) is 15.1. The van der Waals surface area contributed by atoms with Crippen molar-refractivity contribution < 1.29 is 22.0 Å². The second-order valence-electron chi connectivity index (χ2n) is 3.86. The number of halogens is 5. The second kappa shape index (κ2) is 6.31. The molecular weight excluding hydrogens is 263 g/mol. The van der Waals surface area contributed by atoms with Gasteiger partial charge >= 0.3 is 0 Å². The molecule has 0 aliphatic carbocycles. The molecule has 0 radical (unpaired) electrons. The molecule has 0 saturated heterocycles. The molecule has 0 aliphatic heterocycles. The van der Waals surface area contributed by atoms with Crippen LogP contribution >= 0.6 is 0 Å². The second-order valence-corrected chi connectivity index (χ2v) is 3.86. The Bertz CT molecular complexity index is 551. The molecule has 0 aliphatic rings. The summed E-state index contributed by atoms with van der Waals surface area (Å²) in [5, 5.41) is 0. The zero-order valence-electron chi connectivity index (χ0n) is 10.3. The fraction of sp³-hybridized carbons (Fsp3) is 0.143. The van der Waals surface area contributed by atoms with Crippen LogP contribution < -0.4 is 0 Å². The van der Waals surface area contributed by atoms with Crippen LogP contribution in [0.5, 0.6) is 0 Å². The van der Waals surface area contributed by atoms with Crippen LogP contribution in [0, 0.1) is 42.9 Å². The van der Waals surface area contributed by atoms with Gasteiger partial charge < -0.3 is 0 Å². The summed E-state index contributed by atoms with van der Waals surface area (Å²) in [6.07, 6.45) is 0. The minimum absolute atomic E-state index is 0.278. The molecule has 0 nitrogen and oxygen atoms in total. The van der Waals surface area contributed by atoms with Gasteiger partial charge in [-0.25, -0.2) is 22.0 Å². The SMILES string of the molecule is Cc1c(F)ccc(F)c1F.Cc1ccc(F)cc1F. The van der Waals surface area contributed by atoms with E-state index < -0.39 is 29.1 Å². The van der Waals surface area contributed by atoms with Crippen molar-refractivity contribution in [1.29, 1.82) is 0 Å². The van der Waals surface area contributed by atoms with E-state index in [4.69, 9.17) is 0 Å². The van der Waals surface area contributed by atoms with E-state index in [1.807, 2.05) is 0 Å². The number of benzene rings is 2. The Labute approximate surface area is 107 Å². The normalized spacial score (nSPS) is 9.84. The third-order valence-electron chi connectivity index (χ3n) is 2.41. The maximum atomic E-state index is 12.4. The van der Waals surface area contributed by atoms with Crippen molar-refractivity contribution in [3.8, 4) is 0 Å². The summed E-state index contributed by atoms with van der Waals surface area (Å²) in [7, 11) is 0. The lowest BCUT2D eigenvalue weighted by atomic mass is 10.2. The van der Waals surface area contributed by atoms with Crippen molar-refractivity contribution in [2.24, 2.45) is 0 Å². The van der Waals surface area contributed by atoms with Crippen LogP contribution in [0.3, 0.4) is 0 Å². The van der Waals surface area contributed by atoms with Crippen molar-refractivity contribution in [2.45, 2.75) is 13.8 Å². The van der Waals surface area contributed by atoms with Crippen LogP contribution in [0.15, 0.2) is 30.3 Å². The molecule has 0 unspecified atom stereocenters. The highest BCUT2D eigenvalue weighted by Gasteiger charge is 2.07. The standard InChI is InChI=1S/C7H5F3.C7H6F2/c1-4-5(8)2-3-6(9)7(4)10;1-5-2-3-6(8)4-7(5)9/h2-3H,1H3;2-4H,1H3. The fourth-order valence-corrected chi connectivity index (χ4v) is 1.20. The van der Waals surface area contributed by atoms with E-state index in [9.17, 15) is 22.0 Å². The molecule has 0 amide bonds. The predicted molar refractivity (Wildman–Crippen MR) is 62.1 cm³/mol. The van der Waals surface area contributed by atoms with E-state index >= 15 is 0 Å². The van der Waals surface area contributed by atoms with Gasteiger partial charge in [-0.15, -0.1) is 0 Å². The Kier molecular flexibility index (Phi) is 5.03. The summed E-state index contributed by atoms with van der Waals surface area (Å²) in [5.74, 6) is -3.87. The van der Waals surface area contributed by atoms with E-state index in [1.54, 1.807) is 6.92 Å². The highest BCUT2D eigenvalue weighted by molar-refractivity contribution is 5.19. The van der Waals surface area contributed by atoms with E-state index in [2.05, 4.69) is 0 Å². The fourth-order valence-electron chi connectivity index (χ4n) is 1.20. The zero-order chi connectivity index (χ0) is 14.6. The summed E-state index contributed by atoms with van der Waals surface area (Å²) in [6.45, 7) is 2.78. The van der Waals surface area contributed by atoms with Crippen molar-refractivity contribution in [3.63, 3.8) is 0 Å². The molecule has 2 rings (SSSR count). The van der Waals surface area contributed by atoms with Gasteiger partial charge in [0, 0.05) is 11.6 Å². The van der Waals surface area contributed by atoms with Gasteiger partial charge in [-0.1, -0.05) is 6.07 Å². The van der Waals surface area contributed by atoms with E-state index in [0.29, 0.717) is 5.56 Å². The Morgan fingerprint density at radius 1 is 0.684 bits per heavy atom. The molecule has 0 N–H and O–H groups in total. The van der Waals surface area contributed by atoms with E-state index in [1.165, 1.54) is 19.1 Å². The number of hydrogen-bond acceptors (Lipinski definition) is 0. The average Bonchev–Trinajstić information content (AvgIpc) is 2.37. The molecule has 0 heterocycles. The minimum Gasteiger partial charge on any atom is -0.207 e. The number of hydrogen-bond donors (Lipinski definition) is 0. The van der Waals surface area contributed by atoms with Gasteiger partial charge in [0.15, 0.2) is 11.6 Å². The van der Waals surface area contributed by atoms with Gasteiger partial charge in [0.05, 0.1) is 0 Å². The van der Waals surface area contributed by atoms with Gasteiger partial charge in [-0.3, -0.25) is 0 Å². The predicted octanol–water partition coefficient (Wildman–Crippen LogP) is 4.69. The largest absolute Gasteiger partial charge is 0.207 e. The van der Waals surface area contributed by atoms with Crippen LogP contribution in [0.4, 0.5) is 22.0 Å². The molecule has 0 spiro atoms. The highest BCUT2D eigenvalue weighted by atomic mass is 19.2. The van der Waals surface area contributed by atoms with E-state index in [-0.39, 0.29) is 5.56 Å². The molecule has 0 bridgehead atoms. The van der Waals surface area contributed by atoms with Crippen LogP contribution in [0.25, 0.3) is 0 Å². The Hall–Kier alpha value is -1.91. The van der Waals surface area contributed by atoms with Crippen LogP contribution in [-0.2, 0) is 0 Å². The summed E-state index contributed by atoms with van der Waals surface area (Å²) in [5.41, 5.74) is 0.191. The van der Waals surface area contributed by atoms with Crippen LogP contribution in [0.1, 0.15) is 11.1 Å². The molecule has 0 atom stereocenters. The van der Waals surface area contributed by atoms with Crippen molar-refractivity contribution in [3.05, 3.63) is 70.5 Å². The molecule has 0 fully saturated rings. The Morgan fingerprint density at radius 3 is 1.74 bits per heavy atom. The molecule has 19 heavy (non-hydrogen) atoms. The van der Waals surface area contributed by atoms with Crippen molar-refractivity contribution in [1.82, 2.24) is 0 Å². The maximum Gasteiger partial charge on any atom is 0.164 e. The summed E-state index contributed by atoms with van der Waals surface area (Å²) in [4.78, 5) is 0. The van der Waals surface area contributed by atoms with Crippen molar-refractivity contribution >= 4 is 0 Å². The van der Waals surface area contributed by atoms with Crippen molar-refractivity contribution in [2.75, 3.05) is 0 Å². The summed E-state index contributed by atoms with van der Waals surface area (Å²) >= 11 is 0.